The molecule has 0 radical (unpaired) electrons. The molecule has 0 amide bonds. The topological polar surface area (TPSA) is 24.1 Å². The number of anilines is 4. The fourth-order valence-electron chi connectivity index (χ4n) is 4.31. The predicted molar refractivity (Wildman–Crippen MR) is 172 cm³/mol. The number of hydrogen-bond acceptors (Lipinski definition) is 2. The smallest absolute Gasteiger partial charge is 0.0384 e. The SMILES string of the molecule is C=C(c1ccccc1)c1ccccc1.c1ccc(Nc2ccc(-c3ccc(Nc4ccccc4)cc3)cc2)cc1. The molecule has 2 heteroatoms. The molecule has 194 valence electrons. The fourth-order valence-corrected chi connectivity index (χ4v) is 4.31. The lowest BCUT2D eigenvalue weighted by atomic mass is 10.0. The van der Waals surface area contributed by atoms with Gasteiger partial charge >= 0.3 is 0 Å². The van der Waals surface area contributed by atoms with Crippen LogP contribution in [0.25, 0.3) is 16.7 Å². The minimum absolute atomic E-state index is 1.08. The molecular weight excluding hydrogens is 484 g/mol. The molecule has 2 N–H and O–H groups in total. The third-order valence-electron chi connectivity index (χ3n) is 6.47. The first kappa shape index (κ1) is 26.3. The Morgan fingerprint density at radius 3 is 0.925 bits per heavy atom. The molecule has 6 aromatic rings. The van der Waals surface area contributed by atoms with Crippen molar-refractivity contribution in [2.24, 2.45) is 0 Å². The average Bonchev–Trinajstić information content (AvgIpc) is 3.04. The first-order valence-electron chi connectivity index (χ1n) is 13.4. The van der Waals surface area contributed by atoms with E-state index in [0.29, 0.717) is 0 Å². The second-order valence-electron chi connectivity index (χ2n) is 9.35. The van der Waals surface area contributed by atoms with Crippen molar-refractivity contribution >= 4 is 28.3 Å². The van der Waals surface area contributed by atoms with E-state index in [1.54, 1.807) is 0 Å². The van der Waals surface area contributed by atoms with Gasteiger partial charge in [0.25, 0.3) is 0 Å². The van der Waals surface area contributed by atoms with Crippen LogP contribution in [0, 0.1) is 0 Å². The molecule has 40 heavy (non-hydrogen) atoms. The molecule has 0 aliphatic carbocycles. The fraction of sp³-hybridized carbons (Fsp3) is 0. The first-order chi connectivity index (χ1) is 19.7. The largest absolute Gasteiger partial charge is 0.356 e. The van der Waals surface area contributed by atoms with Crippen molar-refractivity contribution < 1.29 is 0 Å². The van der Waals surface area contributed by atoms with E-state index in [1.165, 1.54) is 22.3 Å². The minimum Gasteiger partial charge on any atom is -0.356 e. The van der Waals surface area contributed by atoms with Gasteiger partial charge in [-0.1, -0.05) is 128 Å². The molecule has 0 aliphatic rings. The van der Waals surface area contributed by atoms with E-state index < -0.39 is 0 Å². The van der Waals surface area contributed by atoms with Crippen LogP contribution in [0.1, 0.15) is 11.1 Å². The molecule has 0 heterocycles. The van der Waals surface area contributed by atoms with Crippen LogP contribution in [-0.2, 0) is 0 Å². The summed E-state index contributed by atoms with van der Waals surface area (Å²) in [7, 11) is 0. The second kappa shape index (κ2) is 13.5. The van der Waals surface area contributed by atoms with Gasteiger partial charge in [-0.3, -0.25) is 0 Å². The number of para-hydroxylation sites is 2. The molecule has 0 bridgehead atoms. The molecule has 0 saturated carbocycles. The van der Waals surface area contributed by atoms with Crippen LogP contribution in [0.3, 0.4) is 0 Å². The van der Waals surface area contributed by atoms with Gasteiger partial charge in [0.2, 0.25) is 0 Å². The molecule has 0 spiro atoms. The molecule has 0 atom stereocenters. The third kappa shape index (κ3) is 7.37. The van der Waals surface area contributed by atoms with Crippen molar-refractivity contribution in [3.05, 3.63) is 188 Å². The standard InChI is InChI=1S/C24H20N2.C14H12/c1-3-7-21(8-4-1)25-23-15-11-19(12-16-23)20-13-17-24(18-14-20)26-22-9-5-2-6-10-22;1-12(13-8-4-2-5-9-13)14-10-6-3-7-11-14/h1-18,25-26H;2-11H,1H2. The molecule has 2 nitrogen and oxygen atoms in total. The number of nitrogens with one attached hydrogen (secondary N) is 2. The summed E-state index contributed by atoms with van der Waals surface area (Å²) in [6, 6.07) is 57.9. The van der Waals surface area contributed by atoms with Gasteiger partial charge in [-0.2, -0.15) is 0 Å². The van der Waals surface area contributed by atoms with Gasteiger partial charge in [0, 0.05) is 22.7 Å². The zero-order valence-electron chi connectivity index (χ0n) is 22.4. The summed E-state index contributed by atoms with van der Waals surface area (Å²) in [6.45, 7) is 4.10. The Kier molecular flexibility index (Phi) is 8.84. The van der Waals surface area contributed by atoms with Crippen LogP contribution in [0.4, 0.5) is 22.7 Å². The minimum atomic E-state index is 1.08. The van der Waals surface area contributed by atoms with Crippen LogP contribution in [0.2, 0.25) is 0 Å². The molecule has 0 fully saturated rings. The maximum atomic E-state index is 4.10. The molecule has 0 unspecified atom stereocenters. The third-order valence-corrected chi connectivity index (χ3v) is 6.47. The Labute approximate surface area is 237 Å². The van der Waals surface area contributed by atoms with Crippen LogP contribution in [0.5, 0.6) is 0 Å². The Balaban J connectivity index is 0.000000194. The van der Waals surface area contributed by atoms with Gasteiger partial charge in [0.1, 0.15) is 0 Å². The van der Waals surface area contributed by atoms with Crippen molar-refractivity contribution in [3.8, 4) is 11.1 Å². The van der Waals surface area contributed by atoms with Crippen molar-refractivity contribution in [1.29, 1.82) is 0 Å². The summed E-state index contributed by atoms with van der Waals surface area (Å²) < 4.78 is 0. The van der Waals surface area contributed by atoms with Gasteiger partial charge in [-0.05, 0) is 76.4 Å². The monoisotopic (exact) mass is 516 g/mol. The highest BCUT2D eigenvalue weighted by atomic mass is 14.9. The molecule has 0 aromatic heterocycles. The van der Waals surface area contributed by atoms with Crippen molar-refractivity contribution in [1.82, 2.24) is 0 Å². The molecular formula is C38H32N2. The van der Waals surface area contributed by atoms with E-state index in [2.05, 4.69) is 114 Å². The van der Waals surface area contributed by atoms with Crippen molar-refractivity contribution in [2.75, 3.05) is 10.6 Å². The van der Waals surface area contributed by atoms with Crippen LogP contribution in [-0.4, -0.2) is 0 Å². The highest BCUT2D eigenvalue weighted by Gasteiger charge is 2.01. The van der Waals surface area contributed by atoms with Gasteiger partial charge in [0.05, 0.1) is 0 Å². The van der Waals surface area contributed by atoms with E-state index in [4.69, 9.17) is 0 Å². The van der Waals surface area contributed by atoms with Gasteiger partial charge < -0.3 is 10.6 Å². The Morgan fingerprint density at radius 1 is 0.325 bits per heavy atom. The van der Waals surface area contributed by atoms with E-state index in [9.17, 15) is 0 Å². The maximum Gasteiger partial charge on any atom is 0.0384 e. The summed E-state index contributed by atoms with van der Waals surface area (Å²) in [4.78, 5) is 0. The molecule has 6 aromatic carbocycles. The molecule has 6 rings (SSSR count). The highest BCUT2D eigenvalue weighted by Crippen LogP contribution is 2.26. The first-order valence-corrected chi connectivity index (χ1v) is 13.4. The Hall–Kier alpha value is -5.34. The lowest BCUT2D eigenvalue weighted by Crippen LogP contribution is -1.90. The van der Waals surface area contributed by atoms with E-state index >= 15 is 0 Å². The van der Waals surface area contributed by atoms with Crippen LogP contribution < -0.4 is 10.6 Å². The summed E-state index contributed by atoms with van der Waals surface area (Å²) in [5.74, 6) is 0. The molecule has 0 saturated heterocycles. The summed E-state index contributed by atoms with van der Waals surface area (Å²) in [6.07, 6.45) is 0. The second-order valence-corrected chi connectivity index (χ2v) is 9.35. The quantitative estimate of drug-likeness (QED) is 0.220. The zero-order chi connectivity index (χ0) is 27.4. The van der Waals surface area contributed by atoms with Crippen LogP contribution in [0.15, 0.2) is 176 Å². The van der Waals surface area contributed by atoms with E-state index in [0.717, 1.165) is 28.3 Å². The predicted octanol–water partition coefficient (Wildman–Crippen LogP) is 10.6. The van der Waals surface area contributed by atoms with Crippen molar-refractivity contribution in [3.63, 3.8) is 0 Å². The molecule has 0 aliphatic heterocycles. The van der Waals surface area contributed by atoms with E-state index in [-0.39, 0.29) is 0 Å². The zero-order valence-corrected chi connectivity index (χ0v) is 22.4. The highest BCUT2D eigenvalue weighted by molar-refractivity contribution is 5.77. The Morgan fingerprint density at radius 2 is 0.600 bits per heavy atom. The summed E-state index contributed by atoms with van der Waals surface area (Å²) in [5, 5.41) is 6.82. The van der Waals surface area contributed by atoms with Crippen LogP contribution >= 0.6 is 0 Å². The average molecular weight is 517 g/mol. The lowest BCUT2D eigenvalue weighted by Gasteiger charge is -2.09. The summed E-state index contributed by atoms with van der Waals surface area (Å²) >= 11 is 0. The lowest BCUT2D eigenvalue weighted by molar-refractivity contribution is 1.53. The Bertz CT molecular complexity index is 1470. The number of rotatable bonds is 7. The normalized spacial score (nSPS) is 10.1. The summed E-state index contributed by atoms with van der Waals surface area (Å²) in [5.41, 5.74) is 10.2. The number of benzene rings is 6. The van der Waals surface area contributed by atoms with Crippen molar-refractivity contribution in [2.45, 2.75) is 0 Å². The van der Waals surface area contributed by atoms with Gasteiger partial charge in [-0.15, -0.1) is 0 Å². The maximum absolute atomic E-state index is 4.10. The van der Waals surface area contributed by atoms with Gasteiger partial charge in [0.15, 0.2) is 0 Å². The number of hydrogen-bond donors (Lipinski definition) is 2. The van der Waals surface area contributed by atoms with E-state index in [1.807, 2.05) is 72.8 Å². The van der Waals surface area contributed by atoms with Gasteiger partial charge in [-0.25, -0.2) is 0 Å².